The molecule has 1 rings (SSSR count). The molecular formula is C8H11NO2. The van der Waals surface area contributed by atoms with Crippen LogP contribution in [-0.4, -0.2) is 11.4 Å². The number of hydrogen-bond donors (Lipinski definition) is 2. The summed E-state index contributed by atoms with van der Waals surface area (Å²) in [6, 6.07) is 9.31. The minimum Gasteiger partial charge on any atom is -0.474 e. The number of hydroxylamine groups is 1. The summed E-state index contributed by atoms with van der Waals surface area (Å²) in [6.07, 6.45) is -0.377. The average molecular weight is 153 g/mol. The predicted octanol–water partition coefficient (Wildman–Crippen LogP) is 1.39. The van der Waals surface area contributed by atoms with Crippen molar-refractivity contribution in [3.05, 3.63) is 30.3 Å². The minimum absolute atomic E-state index is 0.377. The van der Waals surface area contributed by atoms with Gasteiger partial charge >= 0.3 is 0 Å². The van der Waals surface area contributed by atoms with Crippen molar-refractivity contribution < 1.29 is 9.94 Å². The first kappa shape index (κ1) is 8.04. The van der Waals surface area contributed by atoms with Crippen molar-refractivity contribution >= 4 is 0 Å². The molecule has 0 bridgehead atoms. The van der Waals surface area contributed by atoms with Crippen molar-refractivity contribution in [2.24, 2.45) is 0 Å². The molecule has 0 saturated carbocycles. The molecular weight excluding hydrogens is 142 g/mol. The van der Waals surface area contributed by atoms with E-state index in [1.54, 1.807) is 6.92 Å². The standard InChI is InChI=1S/C8H11NO2/c1-7(9-10)11-8-5-3-2-4-6-8/h2-7,9-10H,1H3. The molecule has 3 nitrogen and oxygen atoms in total. The van der Waals surface area contributed by atoms with E-state index < -0.39 is 0 Å². The molecule has 60 valence electrons. The Morgan fingerprint density at radius 2 is 2.00 bits per heavy atom. The summed E-state index contributed by atoms with van der Waals surface area (Å²) in [6.45, 7) is 1.72. The Balaban J connectivity index is 2.51. The van der Waals surface area contributed by atoms with Crippen molar-refractivity contribution in [2.45, 2.75) is 13.2 Å². The highest BCUT2D eigenvalue weighted by Crippen LogP contribution is 2.09. The molecule has 0 aliphatic carbocycles. The maximum Gasteiger partial charge on any atom is 0.168 e. The molecule has 1 aromatic rings. The first-order valence-corrected chi connectivity index (χ1v) is 3.44. The molecule has 0 aliphatic rings. The first-order valence-electron chi connectivity index (χ1n) is 3.44. The van der Waals surface area contributed by atoms with Crippen molar-refractivity contribution in [2.75, 3.05) is 0 Å². The van der Waals surface area contributed by atoms with Crippen molar-refractivity contribution in [1.82, 2.24) is 5.48 Å². The lowest BCUT2D eigenvalue weighted by Gasteiger charge is -2.11. The molecule has 1 unspecified atom stereocenters. The molecule has 1 aromatic carbocycles. The van der Waals surface area contributed by atoms with E-state index in [0.717, 1.165) is 5.75 Å². The molecule has 3 heteroatoms. The van der Waals surface area contributed by atoms with Gasteiger partial charge in [-0.15, -0.1) is 0 Å². The van der Waals surface area contributed by atoms with Crippen LogP contribution in [-0.2, 0) is 0 Å². The molecule has 0 radical (unpaired) electrons. The fourth-order valence-corrected chi connectivity index (χ4v) is 0.730. The van der Waals surface area contributed by atoms with E-state index in [2.05, 4.69) is 0 Å². The average Bonchev–Trinajstić information content (AvgIpc) is 2.06. The maximum absolute atomic E-state index is 8.42. The van der Waals surface area contributed by atoms with Gasteiger partial charge in [0.2, 0.25) is 0 Å². The van der Waals surface area contributed by atoms with Gasteiger partial charge in [-0.05, 0) is 19.1 Å². The van der Waals surface area contributed by atoms with Crippen LogP contribution < -0.4 is 10.2 Å². The van der Waals surface area contributed by atoms with Gasteiger partial charge in [-0.25, -0.2) is 0 Å². The van der Waals surface area contributed by atoms with Gasteiger partial charge in [0, 0.05) is 0 Å². The molecule has 0 saturated heterocycles. The third kappa shape index (κ3) is 2.57. The molecule has 0 fully saturated rings. The van der Waals surface area contributed by atoms with Gasteiger partial charge in [-0.1, -0.05) is 18.2 Å². The van der Waals surface area contributed by atoms with Gasteiger partial charge in [-0.2, -0.15) is 5.48 Å². The molecule has 1 atom stereocenters. The Bertz CT molecular complexity index is 201. The second kappa shape index (κ2) is 3.95. The van der Waals surface area contributed by atoms with Crippen LogP contribution in [0.3, 0.4) is 0 Å². The normalized spacial score (nSPS) is 12.5. The van der Waals surface area contributed by atoms with Crippen LogP contribution in [0, 0.1) is 0 Å². The molecule has 0 heterocycles. The molecule has 0 amide bonds. The Hall–Kier alpha value is -1.06. The maximum atomic E-state index is 8.42. The number of rotatable bonds is 3. The third-order valence-electron chi connectivity index (χ3n) is 1.24. The van der Waals surface area contributed by atoms with Crippen LogP contribution in [0.2, 0.25) is 0 Å². The van der Waals surface area contributed by atoms with Crippen LogP contribution in [0.25, 0.3) is 0 Å². The van der Waals surface area contributed by atoms with Gasteiger partial charge in [0.25, 0.3) is 0 Å². The van der Waals surface area contributed by atoms with Gasteiger partial charge in [-0.3, -0.25) is 0 Å². The Kier molecular flexibility index (Phi) is 2.89. The largest absolute Gasteiger partial charge is 0.474 e. The molecule has 2 N–H and O–H groups in total. The van der Waals surface area contributed by atoms with E-state index in [0.29, 0.717) is 0 Å². The van der Waals surface area contributed by atoms with Crippen LogP contribution in [0.1, 0.15) is 6.92 Å². The quantitative estimate of drug-likeness (QED) is 0.509. The van der Waals surface area contributed by atoms with Crippen molar-refractivity contribution in [3.63, 3.8) is 0 Å². The number of para-hydroxylation sites is 1. The van der Waals surface area contributed by atoms with Gasteiger partial charge in [0.1, 0.15) is 5.75 Å². The van der Waals surface area contributed by atoms with E-state index in [1.807, 2.05) is 35.8 Å². The summed E-state index contributed by atoms with van der Waals surface area (Å²) in [7, 11) is 0. The highest BCUT2D eigenvalue weighted by Gasteiger charge is 1.98. The summed E-state index contributed by atoms with van der Waals surface area (Å²) >= 11 is 0. The Morgan fingerprint density at radius 1 is 1.36 bits per heavy atom. The van der Waals surface area contributed by atoms with Crippen LogP contribution in [0.4, 0.5) is 0 Å². The van der Waals surface area contributed by atoms with Gasteiger partial charge in [0.05, 0.1) is 0 Å². The highest BCUT2D eigenvalue weighted by atomic mass is 16.6. The molecule has 11 heavy (non-hydrogen) atoms. The fourth-order valence-electron chi connectivity index (χ4n) is 0.730. The fraction of sp³-hybridized carbons (Fsp3) is 0.250. The smallest absolute Gasteiger partial charge is 0.168 e. The van der Waals surface area contributed by atoms with E-state index in [1.165, 1.54) is 0 Å². The zero-order valence-corrected chi connectivity index (χ0v) is 6.32. The van der Waals surface area contributed by atoms with Crippen molar-refractivity contribution in [1.29, 1.82) is 0 Å². The number of ether oxygens (including phenoxy) is 1. The zero-order chi connectivity index (χ0) is 8.10. The monoisotopic (exact) mass is 153 g/mol. The second-order valence-corrected chi connectivity index (χ2v) is 2.20. The minimum atomic E-state index is -0.377. The number of nitrogens with one attached hydrogen (secondary N) is 1. The zero-order valence-electron chi connectivity index (χ0n) is 6.32. The lowest BCUT2D eigenvalue weighted by molar-refractivity contribution is 0.0302. The lowest BCUT2D eigenvalue weighted by Crippen LogP contribution is -2.27. The second-order valence-electron chi connectivity index (χ2n) is 2.20. The van der Waals surface area contributed by atoms with Gasteiger partial charge in [0.15, 0.2) is 6.23 Å². The number of benzene rings is 1. The van der Waals surface area contributed by atoms with E-state index >= 15 is 0 Å². The summed E-state index contributed by atoms with van der Waals surface area (Å²) < 4.78 is 5.20. The van der Waals surface area contributed by atoms with Crippen LogP contribution >= 0.6 is 0 Å². The van der Waals surface area contributed by atoms with Crippen LogP contribution in [0.15, 0.2) is 30.3 Å². The highest BCUT2D eigenvalue weighted by molar-refractivity contribution is 5.20. The lowest BCUT2D eigenvalue weighted by atomic mass is 10.3. The summed E-state index contributed by atoms with van der Waals surface area (Å²) in [5.74, 6) is 0.738. The Labute approximate surface area is 65.6 Å². The van der Waals surface area contributed by atoms with E-state index in [4.69, 9.17) is 9.94 Å². The summed E-state index contributed by atoms with van der Waals surface area (Å²) in [5, 5.41) is 8.42. The molecule has 0 spiro atoms. The molecule has 0 aromatic heterocycles. The van der Waals surface area contributed by atoms with Crippen molar-refractivity contribution in [3.8, 4) is 5.75 Å². The Morgan fingerprint density at radius 3 is 2.55 bits per heavy atom. The SMILES string of the molecule is CC(NO)Oc1ccccc1. The third-order valence-corrected chi connectivity index (χ3v) is 1.24. The van der Waals surface area contributed by atoms with Crippen LogP contribution in [0.5, 0.6) is 5.75 Å². The summed E-state index contributed by atoms with van der Waals surface area (Å²) in [4.78, 5) is 0. The molecule has 0 aliphatic heterocycles. The predicted molar refractivity (Wildman–Crippen MR) is 41.5 cm³/mol. The van der Waals surface area contributed by atoms with E-state index in [9.17, 15) is 0 Å². The van der Waals surface area contributed by atoms with Gasteiger partial charge < -0.3 is 9.94 Å². The first-order chi connectivity index (χ1) is 5.33. The van der Waals surface area contributed by atoms with E-state index in [-0.39, 0.29) is 6.23 Å². The number of hydrogen-bond acceptors (Lipinski definition) is 3. The topological polar surface area (TPSA) is 41.5 Å². The summed E-state index contributed by atoms with van der Waals surface area (Å²) in [5.41, 5.74) is 1.99.